The van der Waals surface area contributed by atoms with E-state index in [1.807, 2.05) is 19.1 Å². The second-order valence-corrected chi connectivity index (χ2v) is 5.86. The molecule has 0 radical (unpaired) electrons. The predicted molar refractivity (Wildman–Crippen MR) is 86.5 cm³/mol. The fourth-order valence-electron chi connectivity index (χ4n) is 1.53. The molecule has 0 atom stereocenters. The van der Waals surface area contributed by atoms with Gasteiger partial charge in [0.1, 0.15) is 11.5 Å². The summed E-state index contributed by atoms with van der Waals surface area (Å²) in [6.07, 6.45) is 2.94. The minimum Gasteiger partial charge on any atom is -0.481 e. The number of rotatable bonds is 5. The van der Waals surface area contributed by atoms with Crippen LogP contribution in [-0.2, 0) is 4.79 Å². The second-order valence-electron chi connectivity index (χ2n) is 4.15. The molecule has 0 saturated heterocycles. The largest absolute Gasteiger partial charge is 0.481 e. The van der Waals surface area contributed by atoms with Crippen molar-refractivity contribution in [2.75, 3.05) is 6.61 Å². The number of nitrogens with zero attached hydrogens (tertiary/aromatic N) is 1. The van der Waals surface area contributed by atoms with Crippen molar-refractivity contribution >= 4 is 44.0 Å². The average Bonchev–Trinajstić information content (AvgIpc) is 2.90. The van der Waals surface area contributed by atoms with Crippen LogP contribution in [0.25, 0.3) is 0 Å². The maximum atomic E-state index is 11.6. The Bertz CT molecular complexity index is 631. The van der Waals surface area contributed by atoms with E-state index in [4.69, 9.17) is 9.15 Å². The number of carbonyl (C=O) groups is 1. The first-order valence-electron chi connectivity index (χ1n) is 6.00. The highest BCUT2D eigenvalue weighted by Crippen LogP contribution is 2.34. The lowest BCUT2D eigenvalue weighted by Gasteiger charge is -2.10. The molecule has 1 aromatic heterocycles. The fourth-order valence-corrected chi connectivity index (χ4v) is 3.17. The van der Waals surface area contributed by atoms with E-state index in [9.17, 15) is 4.79 Å². The Hall–Kier alpha value is -1.60. The molecule has 1 heterocycles. The van der Waals surface area contributed by atoms with Crippen molar-refractivity contribution in [1.82, 2.24) is 5.43 Å². The van der Waals surface area contributed by atoms with Gasteiger partial charge in [-0.05, 0) is 68.6 Å². The Morgan fingerprint density at radius 2 is 2.14 bits per heavy atom. The van der Waals surface area contributed by atoms with Crippen molar-refractivity contribution in [2.24, 2.45) is 5.10 Å². The zero-order valence-electron chi connectivity index (χ0n) is 11.1. The van der Waals surface area contributed by atoms with Gasteiger partial charge < -0.3 is 9.15 Å². The SMILES string of the molecule is Cc1cc(Br)c(OCC(=O)NN=Cc2ccco2)c(Br)c1. The average molecular weight is 416 g/mol. The normalized spacial score (nSPS) is 10.8. The van der Waals surface area contributed by atoms with E-state index in [0.717, 1.165) is 14.5 Å². The summed E-state index contributed by atoms with van der Waals surface area (Å²) < 4.78 is 12.1. The van der Waals surface area contributed by atoms with Gasteiger partial charge in [0.2, 0.25) is 0 Å². The fraction of sp³-hybridized carbons (Fsp3) is 0.143. The highest BCUT2D eigenvalue weighted by atomic mass is 79.9. The quantitative estimate of drug-likeness (QED) is 0.598. The summed E-state index contributed by atoms with van der Waals surface area (Å²) in [6, 6.07) is 7.28. The third kappa shape index (κ3) is 4.71. The molecule has 0 spiro atoms. The summed E-state index contributed by atoms with van der Waals surface area (Å²) in [5.41, 5.74) is 3.43. The molecule has 1 amide bonds. The summed E-state index contributed by atoms with van der Waals surface area (Å²) in [4.78, 5) is 11.6. The summed E-state index contributed by atoms with van der Waals surface area (Å²) in [6.45, 7) is 1.82. The van der Waals surface area contributed by atoms with Crippen LogP contribution in [-0.4, -0.2) is 18.7 Å². The zero-order chi connectivity index (χ0) is 15.2. The van der Waals surface area contributed by atoms with E-state index in [-0.39, 0.29) is 12.5 Å². The highest BCUT2D eigenvalue weighted by Gasteiger charge is 2.09. The van der Waals surface area contributed by atoms with E-state index in [0.29, 0.717) is 11.5 Å². The molecule has 0 fully saturated rings. The van der Waals surface area contributed by atoms with Crippen molar-refractivity contribution in [3.8, 4) is 5.75 Å². The Labute approximate surface area is 138 Å². The van der Waals surface area contributed by atoms with Gasteiger partial charge in [-0.15, -0.1) is 0 Å². The molecule has 0 aliphatic carbocycles. The number of carbonyl (C=O) groups excluding carboxylic acids is 1. The number of hydrogen-bond donors (Lipinski definition) is 1. The molecule has 0 unspecified atom stereocenters. The molecule has 7 heteroatoms. The monoisotopic (exact) mass is 414 g/mol. The first-order chi connectivity index (χ1) is 10.1. The van der Waals surface area contributed by atoms with E-state index in [1.54, 1.807) is 12.1 Å². The molecule has 0 aliphatic heterocycles. The van der Waals surface area contributed by atoms with Gasteiger partial charge in [-0.2, -0.15) is 5.10 Å². The van der Waals surface area contributed by atoms with Crippen LogP contribution in [0, 0.1) is 6.92 Å². The summed E-state index contributed by atoms with van der Waals surface area (Å²) in [5, 5.41) is 3.76. The minimum absolute atomic E-state index is 0.143. The first kappa shape index (κ1) is 15.8. The number of aryl methyl sites for hydroxylation is 1. The molecule has 21 heavy (non-hydrogen) atoms. The van der Waals surface area contributed by atoms with Gasteiger partial charge in [0.15, 0.2) is 6.61 Å². The third-order valence-electron chi connectivity index (χ3n) is 2.41. The number of nitrogens with one attached hydrogen (secondary N) is 1. The van der Waals surface area contributed by atoms with Gasteiger partial charge >= 0.3 is 0 Å². The zero-order valence-corrected chi connectivity index (χ0v) is 14.3. The van der Waals surface area contributed by atoms with Crippen LogP contribution in [0.1, 0.15) is 11.3 Å². The van der Waals surface area contributed by atoms with Gasteiger partial charge in [0.05, 0.1) is 21.4 Å². The van der Waals surface area contributed by atoms with Gasteiger partial charge in [0, 0.05) is 0 Å². The number of hydrazone groups is 1. The maximum Gasteiger partial charge on any atom is 0.277 e. The molecular weight excluding hydrogens is 404 g/mol. The molecule has 0 bridgehead atoms. The number of furan rings is 1. The molecule has 5 nitrogen and oxygen atoms in total. The van der Waals surface area contributed by atoms with Crippen LogP contribution in [0.4, 0.5) is 0 Å². The molecule has 2 rings (SSSR count). The molecule has 0 aliphatic rings. The lowest BCUT2D eigenvalue weighted by molar-refractivity contribution is -0.123. The van der Waals surface area contributed by atoms with Crippen LogP contribution in [0.5, 0.6) is 5.75 Å². The lowest BCUT2D eigenvalue weighted by atomic mass is 10.2. The van der Waals surface area contributed by atoms with Gasteiger partial charge in [0.25, 0.3) is 5.91 Å². The summed E-state index contributed by atoms with van der Waals surface area (Å²) in [7, 11) is 0. The number of halogens is 2. The Kier molecular flexibility index (Phi) is 5.58. The smallest absolute Gasteiger partial charge is 0.277 e. The second kappa shape index (κ2) is 7.42. The van der Waals surface area contributed by atoms with Crippen molar-refractivity contribution in [3.63, 3.8) is 0 Å². The predicted octanol–water partition coefficient (Wildman–Crippen LogP) is 3.64. The summed E-state index contributed by atoms with van der Waals surface area (Å²) >= 11 is 6.80. The summed E-state index contributed by atoms with van der Waals surface area (Å²) in [5.74, 6) is 0.767. The van der Waals surface area contributed by atoms with Crippen LogP contribution in [0.3, 0.4) is 0 Å². The van der Waals surface area contributed by atoms with E-state index >= 15 is 0 Å². The van der Waals surface area contributed by atoms with Crippen molar-refractivity contribution in [2.45, 2.75) is 6.92 Å². The molecule has 1 N–H and O–H groups in total. The lowest BCUT2D eigenvalue weighted by Crippen LogP contribution is -2.24. The number of ether oxygens (including phenoxy) is 1. The van der Waals surface area contributed by atoms with Crippen LogP contribution in [0.15, 0.2) is 49.0 Å². The van der Waals surface area contributed by atoms with Crippen molar-refractivity contribution < 1.29 is 13.9 Å². The van der Waals surface area contributed by atoms with Crippen LogP contribution >= 0.6 is 31.9 Å². The van der Waals surface area contributed by atoms with Crippen molar-refractivity contribution in [1.29, 1.82) is 0 Å². The van der Waals surface area contributed by atoms with Crippen LogP contribution in [0.2, 0.25) is 0 Å². The maximum absolute atomic E-state index is 11.6. The van der Waals surface area contributed by atoms with Crippen molar-refractivity contribution in [3.05, 3.63) is 50.8 Å². The van der Waals surface area contributed by atoms with E-state index < -0.39 is 0 Å². The number of hydrogen-bond acceptors (Lipinski definition) is 4. The minimum atomic E-state index is -0.364. The van der Waals surface area contributed by atoms with Gasteiger partial charge in [-0.3, -0.25) is 4.79 Å². The Morgan fingerprint density at radius 3 is 2.76 bits per heavy atom. The highest BCUT2D eigenvalue weighted by molar-refractivity contribution is 9.11. The van der Waals surface area contributed by atoms with E-state index in [1.165, 1.54) is 12.5 Å². The van der Waals surface area contributed by atoms with E-state index in [2.05, 4.69) is 42.4 Å². The molecular formula is C14H12Br2N2O3. The Balaban J connectivity index is 1.87. The van der Waals surface area contributed by atoms with Crippen LogP contribution < -0.4 is 10.2 Å². The van der Waals surface area contributed by atoms with Gasteiger partial charge in [-0.1, -0.05) is 0 Å². The van der Waals surface area contributed by atoms with Gasteiger partial charge in [-0.25, -0.2) is 5.43 Å². The number of benzene rings is 1. The molecule has 1 aromatic carbocycles. The Morgan fingerprint density at radius 1 is 1.43 bits per heavy atom. The standard InChI is InChI=1S/C14H12Br2N2O3/c1-9-5-11(15)14(12(16)6-9)21-8-13(19)18-17-7-10-3-2-4-20-10/h2-7H,8H2,1H3,(H,18,19). The number of amides is 1. The molecule has 110 valence electrons. The first-order valence-corrected chi connectivity index (χ1v) is 7.58. The molecule has 2 aromatic rings. The third-order valence-corrected chi connectivity index (χ3v) is 3.59. The topological polar surface area (TPSA) is 63.8 Å². The molecule has 0 saturated carbocycles.